The fourth-order valence-corrected chi connectivity index (χ4v) is 4.04. The second-order valence-electron chi connectivity index (χ2n) is 4.67. The molecule has 0 unspecified atom stereocenters. The summed E-state index contributed by atoms with van der Waals surface area (Å²) in [6.45, 7) is 0. The van der Waals surface area contributed by atoms with Gasteiger partial charge in [0.2, 0.25) is 0 Å². The van der Waals surface area contributed by atoms with Crippen LogP contribution in [0.3, 0.4) is 0 Å². The predicted molar refractivity (Wildman–Crippen MR) is 71.2 cm³/mol. The minimum atomic E-state index is -0.699. The number of carbonyl (C=O) groups is 1. The first kappa shape index (κ1) is 13.2. The Morgan fingerprint density at radius 3 is 2.47 bits per heavy atom. The first-order valence-corrected chi connectivity index (χ1v) is 7.28. The summed E-state index contributed by atoms with van der Waals surface area (Å²) in [5.41, 5.74) is 0.248. The zero-order valence-electron chi connectivity index (χ0n) is 9.34. The number of rotatable bonds is 3. The minimum absolute atomic E-state index is 0.504. The van der Waals surface area contributed by atoms with Gasteiger partial charge in [-0.1, -0.05) is 42.5 Å². The van der Waals surface area contributed by atoms with E-state index in [0.29, 0.717) is 15.1 Å². The average molecular weight is 293 g/mol. The summed E-state index contributed by atoms with van der Waals surface area (Å²) in [6.07, 6.45) is 5.10. The van der Waals surface area contributed by atoms with Gasteiger partial charge in [0.25, 0.3) is 0 Å². The van der Waals surface area contributed by atoms with E-state index in [1.807, 2.05) is 0 Å². The van der Waals surface area contributed by atoms with E-state index in [2.05, 4.69) is 0 Å². The molecule has 0 spiro atoms. The number of carboxylic acid groups (broad SMARTS) is 1. The van der Waals surface area contributed by atoms with Crippen molar-refractivity contribution in [3.8, 4) is 0 Å². The molecule has 1 fully saturated rings. The summed E-state index contributed by atoms with van der Waals surface area (Å²) in [5, 5.41) is 9.48. The Kier molecular flexibility index (Phi) is 4.01. The Morgan fingerprint density at radius 2 is 2.00 bits per heavy atom. The van der Waals surface area contributed by atoms with Crippen LogP contribution in [0.2, 0.25) is 8.67 Å². The average Bonchev–Trinajstić information content (AvgIpc) is 2.58. The summed E-state index contributed by atoms with van der Waals surface area (Å²) in [4.78, 5) is 11.5. The van der Waals surface area contributed by atoms with Crippen LogP contribution in [0, 0.1) is 5.41 Å². The van der Waals surface area contributed by atoms with Crippen LogP contribution < -0.4 is 0 Å². The van der Waals surface area contributed by atoms with E-state index in [0.717, 1.165) is 37.7 Å². The zero-order valence-corrected chi connectivity index (χ0v) is 11.7. The van der Waals surface area contributed by atoms with Gasteiger partial charge < -0.3 is 5.11 Å². The highest BCUT2D eigenvalue weighted by Crippen LogP contribution is 2.43. The quantitative estimate of drug-likeness (QED) is 0.882. The van der Waals surface area contributed by atoms with Crippen LogP contribution in [-0.2, 0) is 11.2 Å². The Balaban J connectivity index is 2.23. The van der Waals surface area contributed by atoms with Gasteiger partial charge in [0, 0.05) is 0 Å². The molecule has 2 nitrogen and oxygen atoms in total. The van der Waals surface area contributed by atoms with Gasteiger partial charge in [0.05, 0.1) is 14.1 Å². The third-order valence-corrected chi connectivity index (χ3v) is 5.09. The largest absolute Gasteiger partial charge is 0.481 e. The molecule has 1 saturated carbocycles. The molecule has 0 saturated heterocycles. The number of aliphatic carboxylic acids is 1. The van der Waals surface area contributed by atoms with Crippen molar-refractivity contribution in [2.24, 2.45) is 5.41 Å². The first-order valence-electron chi connectivity index (χ1n) is 5.71. The molecule has 0 atom stereocenters. The lowest BCUT2D eigenvalue weighted by atomic mass is 9.71. The Morgan fingerprint density at radius 1 is 1.35 bits per heavy atom. The van der Waals surface area contributed by atoms with Gasteiger partial charge in [-0.05, 0) is 30.9 Å². The van der Waals surface area contributed by atoms with Gasteiger partial charge >= 0.3 is 5.97 Å². The van der Waals surface area contributed by atoms with Crippen molar-refractivity contribution in [3.05, 3.63) is 20.3 Å². The topological polar surface area (TPSA) is 37.3 Å². The van der Waals surface area contributed by atoms with Gasteiger partial charge in [-0.3, -0.25) is 4.79 Å². The van der Waals surface area contributed by atoms with E-state index in [1.54, 1.807) is 6.07 Å². The third-order valence-electron chi connectivity index (χ3n) is 3.52. The first-order chi connectivity index (χ1) is 8.03. The van der Waals surface area contributed by atoms with Gasteiger partial charge in [-0.15, -0.1) is 11.3 Å². The monoisotopic (exact) mass is 292 g/mol. The second kappa shape index (κ2) is 5.17. The molecule has 1 heterocycles. The Bertz CT molecular complexity index is 422. The molecule has 0 bridgehead atoms. The van der Waals surface area contributed by atoms with E-state index in [1.165, 1.54) is 11.3 Å². The van der Waals surface area contributed by atoms with Crippen LogP contribution in [0.15, 0.2) is 6.07 Å². The summed E-state index contributed by atoms with van der Waals surface area (Å²) >= 11 is 13.3. The van der Waals surface area contributed by atoms with Crippen molar-refractivity contribution in [1.82, 2.24) is 0 Å². The highest BCUT2D eigenvalue weighted by atomic mass is 35.5. The number of halogens is 2. The van der Waals surface area contributed by atoms with Crippen molar-refractivity contribution in [2.45, 2.75) is 38.5 Å². The maximum atomic E-state index is 11.5. The highest BCUT2D eigenvalue weighted by Gasteiger charge is 2.40. The van der Waals surface area contributed by atoms with Crippen LogP contribution in [0.5, 0.6) is 0 Å². The Hall–Kier alpha value is -0.250. The van der Waals surface area contributed by atoms with Gasteiger partial charge in [-0.25, -0.2) is 0 Å². The van der Waals surface area contributed by atoms with Crippen LogP contribution in [-0.4, -0.2) is 11.1 Å². The third kappa shape index (κ3) is 2.78. The van der Waals surface area contributed by atoms with Crippen molar-refractivity contribution >= 4 is 40.5 Å². The van der Waals surface area contributed by atoms with Gasteiger partial charge in [-0.2, -0.15) is 0 Å². The molecule has 0 aliphatic heterocycles. The highest BCUT2D eigenvalue weighted by molar-refractivity contribution is 7.20. The molecule has 5 heteroatoms. The van der Waals surface area contributed by atoms with Gasteiger partial charge in [0.1, 0.15) is 0 Å². The fourth-order valence-electron chi connectivity index (χ4n) is 2.55. The fraction of sp³-hybridized carbons (Fsp3) is 0.583. The molecule has 1 aromatic rings. The van der Waals surface area contributed by atoms with E-state index in [-0.39, 0.29) is 0 Å². The molecule has 0 amide bonds. The maximum absolute atomic E-state index is 11.5. The molecule has 1 aliphatic rings. The molecule has 1 N–H and O–H groups in total. The molecule has 2 rings (SSSR count). The molecule has 0 aromatic carbocycles. The molecule has 94 valence electrons. The van der Waals surface area contributed by atoms with Gasteiger partial charge in [0.15, 0.2) is 0 Å². The maximum Gasteiger partial charge on any atom is 0.309 e. The van der Waals surface area contributed by atoms with Crippen LogP contribution in [0.4, 0.5) is 0 Å². The van der Waals surface area contributed by atoms with Crippen molar-refractivity contribution in [3.63, 3.8) is 0 Å². The molecule has 1 aliphatic carbocycles. The van der Waals surface area contributed by atoms with Crippen LogP contribution in [0.25, 0.3) is 0 Å². The molecular weight excluding hydrogens is 279 g/mol. The van der Waals surface area contributed by atoms with E-state index >= 15 is 0 Å². The lowest BCUT2D eigenvalue weighted by Gasteiger charge is -2.33. The smallest absolute Gasteiger partial charge is 0.309 e. The summed E-state index contributed by atoms with van der Waals surface area (Å²) in [7, 11) is 0. The lowest BCUT2D eigenvalue weighted by molar-refractivity contribution is -0.151. The number of carboxylic acids is 1. The van der Waals surface area contributed by atoms with Crippen molar-refractivity contribution in [1.29, 1.82) is 0 Å². The Labute approximate surface area is 115 Å². The summed E-state index contributed by atoms with van der Waals surface area (Å²) in [6, 6.07) is 1.80. The SMILES string of the molecule is O=C(O)C1(Cc2cc(Cl)sc2Cl)CCCCC1. The predicted octanol–water partition coefficient (Wildman–Crippen LogP) is 4.63. The number of thiophene rings is 1. The van der Waals surface area contributed by atoms with Crippen molar-refractivity contribution < 1.29 is 9.90 Å². The van der Waals surface area contributed by atoms with Crippen LogP contribution >= 0.6 is 34.5 Å². The van der Waals surface area contributed by atoms with Crippen molar-refractivity contribution in [2.75, 3.05) is 0 Å². The molecule has 1 aromatic heterocycles. The number of hydrogen-bond donors (Lipinski definition) is 1. The second-order valence-corrected chi connectivity index (χ2v) is 6.96. The normalized spacial score (nSPS) is 19.2. The summed E-state index contributed by atoms with van der Waals surface area (Å²) in [5.74, 6) is -0.699. The minimum Gasteiger partial charge on any atom is -0.481 e. The molecule has 17 heavy (non-hydrogen) atoms. The molecule has 0 radical (unpaired) electrons. The zero-order chi connectivity index (χ0) is 12.5. The summed E-state index contributed by atoms with van der Waals surface area (Å²) < 4.78 is 1.25. The van der Waals surface area contributed by atoms with E-state index < -0.39 is 11.4 Å². The van der Waals surface area contributed by atoms with E-state index in [4.69, 9.17) is 23.2 Å². The lowest BCUT2D eigenvalue weighted by Crippen LogP contribution is -2.35. The molecular formula is C12H14Cl2O2S. The van der Waals surface area contributed by atoms with E-state index in [9.17, 15) is 9.90 Å². The standard InChI is InChI=1S/C12H14Cl2O2S/c13-9-6-8(10(14)17-9)7-12(11(15)16)4-2-1-3-5-12/h6H,1-5,7H2,(H,15,16). The number of hydrogen-bond acceptors (Lipinski definition) is 2. The van der Waals surface area contributed by atoms with Crippen LogP contribution in [0.1, 0.15) is 37.7 Å².